The van der Waals surface area contributed by atoms with E-state index in [1.165, 1.54) is 0 Å². The van der Waals surface area contributed by atoms with Gasteiger partial charge in [0, 0.05) is 56.2 Å². The Bertz CT molecular complexity index is 681. The van der Waals surface area contributed by atoms with E-state index in [1.807, 2.05) is 4.90 Å². The zero-order chi connectivity index (χ0) is 21.2. The smallest absolute Gasteiger partial charge is 0.236 e. The summed E-state index contributed by atoms with van der Waals surface area (Å²) in [5.74, 6) is 2.23. The molecule has 0 aromatic carbocycles. The summed E-state index contributed by atoms with van der Waals surface area (Å²) in [6.07, 6.45) is 3.35. The minimum atomic E-state index is -0.0873. The topological polar surface area (TPSA) is 52.6 Å². The van der Waals surface area contributed by atoms with Gasteiger partial charge in [0.1, 0.15) is 11.6 Å². The Morgan fingerprint density at radius 3 is 2.17 bits per heavy atom. The van der Waals surface area contributed by atoms with Gasteiger partial charge in [-0.25, -0.2) is 9.97 Å². The van der Waals surface area contributed by atoms with E-state index in [4.69, 9.17) is 9.97 Å². The fourth-order valence-electron chi connectivity index (χ4n) is 3.93. The molecule has 1 aromatic rings. The van der Waals surface area contributed by atoms with Gasteiger partial charge in [0.2, 0.25) is 5.91 Å². The van der Waals surface area contributed by atoms with Gasteiger partial charge in [-0.1, -0.05) is 41.5 Å². The van der Waals surface area contributed by atoms with Crippen molar-refractivity contribution in [3.05, 3.63) is 17.6 Å². The first kappa shape index (κ1) is 22.0. The van der Waals surface area contributed by atoms with E-state index >= 15 is 0 Å². The lowest BCUT2D eigenvalue weighted by Gasteiger charge is -2.28. The van der Waals surface area contributed by atoms with Gasteiger partial charge in [-0.2, -0.15) is 0 Å². The Morgan fingerprint density at radius 2 is 1.55 bits per heavy atom. The van der Waals surface area contributed by atoms with Crippen LogP contribution in [0.25, 0.3) is 0 Å². The molecule has 1 amide bonds. The molecule has 0 aliphatic carbocycles. The van der Waals surface area contributed by atoms with Gasteiger partial charge in [-0.05, 0) is 19.3 Å². The highest BCUT2D eigenvalue weighted by molar-refractivity contribution is 5.78. The van der Waals surface area contributed by atoms with E-state index in [0.717, 1.165) is 75.9 Å². The van der Waals surface area contributed by atoms with E-state index in [0.29, 0.717) is 12.5 Å². The number of carbonyl (C=O) groups excluding carboxylic acids is 1. The molecular formula is C23H39N5O. The van der Waals surface area contributed by atoms with E-state index < -0.39 is 0 Å². The van der Waals surface area contributed by atoms with Gasteiger partial charge in [0.25, 0.3) is 0 Å². The fraction of sp³-hybridized carbons (Fsp3) is 0.783. The van der Waals surface area contributed by atoms with Crippen molar-refractivity contribution in [3.8, 4) is 0 Å². The second kappa shape index (κ2) is 8.58. The number of nitrogens with zero attached hydrogens (tertiary/aromatic N) is 5. The highest BCUT2D eigenvalue weighted by Crippen LogP contribution is 2.28. The number of anilines is 1. The van der Waals surface area contributed by atoms with Crippen LogP contribution in [0, 0.1) is 0 Å². The second-order valence-corrected chi connectivity index (χ2v) is 10.6. The summed E-state index contributed by atoms with van der Waals surface area (Å²) in [4.78, 5) is 29.1. The molecule has 3 rings (SSSR count). The van der Waals surface area contributed by atoms with Crippen LogP contribution >= 0.6 is 0 Å². The third-order valence-electron chi connectivity index (χ3n) is 5.88. The molecule has 0 saturated carbocycles. The average molecular weight is 402 g/mol. The first-order chi connectivity index (χ1) is 13.5. The van der Waals surface area contributed by atoms with Gasteiger partial charge in [-0.15, -0.1) is 0 Å². The molecule has 0 radical (unpaired) electrons. The van der Waals surface area contributed by atoms with Crippen molar-refractivity contribution in [3.63, 3.8) is 0 Å². The predicted octanol–water partition coefficient (Wildman–Crippen LogP) is 3.21. The Hall–Kier alpha value is -1.69. The number of hydrogen-bond acceptors (Lipinski definition) is 5. The van der Waals surface area contributed by atoms with Crippen LogP contribution in [0.2, 0.25) is 0 Å². The molecule has 0 unspecified atom stereocenters. The summed E-state index contributed by atoms with van der Waals surface area (Å²) < 4.78 is 0. The molecule has 2 saturated heterocycles. The van der Waals surface area contributed by atoms with Crippen LogP contribution in [0.3, 0.4) is 0 Å². The van der Waals surface area contributed by atoms with Crippen molar-refractivity contribution >= 4 is 11.7 Å². The van der Waals surface area contributed by atoms with E-state index in [1.54, 1.807) is 0 Å². The molecule has 0 spiro atoms. The van der Waals surface area contributed by atoms with Crippen LogP contribution in [0.1, 0.15) is 72.3 Å². The molecule has 0 bridgehead atoms. The standard InChI is InChI=1S/C23H39N5O/c1-22(2,3)18-16-19(25-21(24-18)23(4,5)6)27-13-9-10-26(14-15-27)17-20(29)28-11-7-8-12-28/h16H,7-15,17H2,1-6H3. The molecule has 3 heterocycles. The maximum atomic E-state index is 12.5. The third-order valence-corrected chi connectivity index (χ3v) is 5.88. The lowest BCUT2D eigenvalue weighted by atomic mass is 9.90. The first-order valence-corrected chi connectivity index (χ1v) is 11.2. The van der Waals surface area contributed by atoms with Crippen molar-refractivity contribution in [1.82, 2.24) is 19.8 Å². The average Bonchev–Trinajstić information content (AvgIpc) is 3.07. The molecule has 6 nitrogen and oxygen atoms in total. The molecular weight excluding hydrogens is 362 g/mol. The van der Waals surface area contributed by atoms with E-state index in [-0.39, 0.29) is 10.8 Å². The van der Waals surface area contributed by atoms with Gasteiger partial charge < -0.3 is 9.80 Å². The summed E-state index contributed by atoms with van der Waals surface area (Å²) in [5, 5.41) is 0. The molecule has 0 atom stereocenters. The lowest BCUT2D eigenvalue weighted by Crippen LogP contribution is -2.40. The Kier molecular flexibility index (Phi) is 6.51. The zero-order valence-corrected chi connectivity index (χ0v) is 19.3. The highest BCUT2D eigenvalue weighted by atomic mass is 16.2. The number of likely N-dealkylation sites (tertiary alicyclic amines) is 1. The molecule has 162 valence electrons. The summed E-state index contributed by atoms with van der Waals surface area (Å²) >= 11 is 0. The lowest BCUT2D eigenvalue weighted by molar-refractivity contribution is -0.131. The van der Waals surface area contributed by atoms with E-state index in [9.17, 15) is 4.79 Å². The number of aromatic nitrogens is 2. The summed E-state index contributed by atoms with van der Waals surface area (Å²) in [5.41, 5.74) is 0.992. The highest BCUT2D eigenvalue weighted by Gasteiger charge is 2.27. The SMILES string of the molecule is CC(C)(C)c1cc(N2CCCN(CC(=O)N3CCCC3)CC2)nc(C(C)(C)C)n1. The Morgan fingerprint density at radius 1 is 0.862 bits per heavy atom. The number of amides is 1. The van der Waals surface area contributed by atoms with Crippen molar-refractivity contribution in [2.45, 2.75) is 71.6 Å². The quantitative estimate of drug-likeness (QED) is 0.778. The zero-order valence-electron chi connectivity index (χ0n) is 19.3. The summed E-state index contributed by atoms with van der Waals surface area (Å²) in [6, 6.07) is 2.17. The molecule has 2 aliphatic rings. The van der Waals surface area contributed by atoms with Crippen molar-refractivity contribution in [2.24, 2.45) is 0 Å². The monoisotopic (exact) mass is 401 g/mol. The van der Waals surface area contributed by atoms with Gasteiger partial charge >= 0.3 is 0 Å². The first-order valence-electron chi connectivity index (χ1n) is 11.2. The van der Waals surface area contributed by atoms with Crippen LogP contribution in [0.4, 0.5) is 5.82 Å². The van der Waals surface area contributed by atoms with Crippen LogP contribution in [0.5, 0.6) is 0 Å². The summed E-state index contributed by atoms with van der Waals surface area (Å²) in [7, 11) is 0. The van der Waals surface area contributed by atoms with Gasteiger partial charge in [-0.3, -0.25) is 9.69 Å². The maximum absolute atomic E-state index is 12.5. The van der Waals surface area contributed by atoms with E-state index in [2.05, 4.69) is 57.4 Å². The van der Waals surface area contributed by atoms with Crippen LogP contribution in [-0.4, -0.2) is 71.5 Å². The fourth-order valence-corrected chi connectivity index (χ4v) is 3.93. The van der Waals surface area contributed by atoms with Crippen LogP contribution in [0.15, 0.2) is 6.07 Å². The third kappa shape index (κ3) is 5.68. The molecule has 29 heavy (non-hydrogen) atoms. The molecule has 1 aromatic heterocycles. The normalized spacial score (nSPS) is 19.5. The van der Waals surface area contributed by atoms with Crippen LogP contribution in [-0.2, 0) is 15.6 Å². The number of rotatable bonds is 3. The Balaban J connectivity index is 1.73. The van der Waals surface area contributed by atoms with Crippen molar-refractivity contribution in [2.75, 3.05) is 50.7 Å². The molecule has 0 N–H and O–H groups in total. The molecule has 2 aliphatic heterocycles. The van der Waals surface area contributed by atoms with Crippen molar-refractivity contribution < 1.29 is 4.79 Å². The molecule has 2 fully saturated rings. The second-order valence-electron chi connectivity index (χ2n) is 10.6. The Labute approximate surface area is 176 Å². The van der Waals surface area contributed by atoms with Gasteiger partial charge in [0.05, 0.1) is 12.2 Å². The van der Waals surface area contributed by atoms with Crippen LogP contribution < -0.4 is 4.90 Å². The molecule has 6 heteroatoms. The number of carbonyl (C=O) groups is 1. The largest absolute Gasteiger partial charge is 0.355 e. The minimum Gasteiger partial charge on any atom is -0.355 e. The van der Waals surface area contributed by atoms with Gasteiger partial charge in [0.15, 0.2) is 0 Å². The summed E-state index contributed by atoms with van der Waals surface area (Å²) in [6.45, 7) is 19.3. The predicted molar refractivity (Wildman–Crippen MR) is 119 cm³/mol. The number of hydrogen-bond donors (Lipinski definition) is 0. The maximum Gasteiger partial charge on any atom is 0.236 e. The van der Waals surface area contributed by atoms with Crippen molar-refractivity contribution in [1.29, 1.82) is 0 Å². The minimum absolute atomic E-state index is 0.0161.